The van der Waals surface area contributed by atoms with Gasteiger partial charge in [0.15, 0.2) is 0 Å². The van der Waals surface area contributed by atoms with E-state index in [-0.39, 0.29) is 0 Å². The zero-order valence-corrected chi connectivity index (χ0v) is 16.6. The van der Waals surface area contributed by atoms with Gasteiger partial charge >= 0.3 is 0 Å². The highest BCUT2D eigenvalue weighted by atomic mass is 16.5. The molecule has 0 saturated heterocycles. The molecule has 4 rings (SSSR count). The maximum atomic E-state index is 6.18. The van der Waals surface area contributed by atoms with Crippen LogP contribution in [0.15, 0.2) is 42.5 Å². The smallest absolute Gasteiger partial charge is 0.147 e. The number of aromatic nitrogens is 2. The summed E-state index contributed by atoms with van der Waals surface area (Å²) in [5.74, 6) is 2.86. The number of fused-ring (bicyclic) bond motifs is 1. The van der Waals surface area contributed by atoms with Crippen molar-refractivity contribution in [3.63, 3.8) is 0 Å². The molecule has 1 saturated carbocycles. The highest BCUT2D eigenvalue weighted by Crippen LogP contribution is 2.28. The molecule has 142 valence electrons. The molecule has 3 nitrogen and oxygen atoms in total. The van der Waals surface area contributed by atoms with E-state index >= 15 is 0 Å². The number of hydrogen-bond acceptors (Lipinski definition) is 2. The van der Waals surface area contributed by atoms with Crippen molar-refractivity contribution in [2.45, 2.75) is 65.5 Å². The second-order valence-corrected chi connectivity index (χ2v) is 8.02. The van der Waals surface area contributed by atoms with Gasteiger partial charge in [0.1, 0.15) is 18.2 Å². The molecule has 0 unspecified atom stereocenters. The van der Waals surface area contributed by atoms with Gasteiger partial charge in [-0.05, 0) is 55.5 Å². The number of nitrogens with zero attached hydrogens (tertiary/aromatic N) is 2. The normalized spacial score (nSPS) is 15.3. The third kappa shape index (κ3) is 4.18. The summed E-state index contributed by atoms with van der Waals surface area (Å²) in [6.45, 7) is 5.76. The summed E-state index contributed by atoms with van der Waals surface area (Å²) in [7, 11) is 0. The van der Waals surface area contributed by atoms with Crippen LogP contribution in [-0.4, -0.2) is 9.55 Å². The van der Waals surface area contributed by atoms with Gasteiger partial charge in [-0.3, -0.25) is 0 Å². The van der Waals surface area contributed by atoms with Crippen molar-refractivity contribution in [3.8, 4) is 5.75 Å². The summed E-state index contributed by atoms with van der Waals surface area (Å²) >= 11 is 0. The molecule has 0 amide bonds. The third-order valence-corrected chi connectivity index (χ3v) is 5.92. The quantitative estimate of drug-likeness (QED) is 0.522. The second-order valence-electron chi connectivity index (χ2n) is 8.02. The van der Waals surface area contributed by atoms with Crippen molar-refractivity contribution in [2.24, 2.45) is 5.92 Å². The molecule has 1 heterocycles. The van der Waals surface area contributed by atoms with Crippen LogP contribution in [-0.2, 0) is 13.2 Å². The summed E-state index contributed by atoms with van der Waals surface area (Å²) in [4.78, 5) is 4.88. The number of rotatable bonds is 6. The summed E-state index contributed by atoms with van der Waals surface area (Å²) in [6, 6.07) is 14.8. The first-order chi connectivity index (χ1) is 13.2. The molecule has 1 fully saturated rings. The van der Waals surface area contributed by atoms with Crippen molar-refractivity contribution in [3.05, 3.63) is 59.4 Å². The van der Waals surface area contributed by atoms with Crippen molar-refractivity contribution in [1.82, 2.24) is 9.55 Å². The van der Waals surface area contributed by atoms with E-state index in [2.05, 4.69) is 60.9 Å². The van der Waals surface area contributed by atoms with Crippen LogP contribution in [0.25, 0.3) is 11.0 Å². The van der Waals surface area contributed by atoms with Crippen molar-refractivity contribution in [2.75, 3.05) is 0 Å². The molecule has 0 atom stereocenters. The van der Waals surface area contributed by atoms with E-state index < -0.39 is 0 Å². The maximum absolute atomic E-state index is 6.18. The van der Waals surface area contributed by atoms with E-state index in [1.54, 1.807) is 0 Å². The molecule has 1 aliphatic carbocycles. The number of ether oxygens (including phenoxy) is 1. The number of aryl methyl sites for hydroxylation is 3. The molecule has 27 heavy (non-hydrogen) atoms. The zero-order valence-electron chi connectivity index (χ0n) is 16.6. The Bertz CT molecular complexity index is 906. The van der Waals surface area contributed by atoms with Crippen LogP contribution in [0.4, 0.5) is 0 Å². The third-order valence-electron chi connectivity index (χ3n) is 5.92. The molecule has 1 aliphatic rings. The number of benzene rings is 2. The molecule has 0 spiro atoms. The van der Waals surface area contributed by atoms with Gasteiger partial charge in [0.2, 0.25) is 0 Å². The zero-order chi connectivity index (χ0) is 18.6. The molecule has 0 N–H and O–H groups in total. The first-order valence-corrected chi connectivity index (χ1v) is 10.3. The lowest BCUT2D eigenvalue weighted by Crippen LogP contribution is -2.13. The van der Waals surface area contributed by atoms with Crippen LogP contribution in [0, 0.1) is 19.8 Å². The minimum atomic E-state index is 0.518. The fourth-order valence-corrected chi connectivity index (χ4v) is 4.28. The van der Waals surface area contributed by atoms with Crippen LogP contribution in [0.3, 0.4) is 0 Å². The van der Waals surface area contributed by atoms with Gasteiger partial charge in [-0.1, -0.05) is 56.4 Å². The number of hydrogen-bond donors (Lipinski definition) is 0. The second kappa shape index (κ2) is 8.16. The van der Waals surface area contributed by atoms with E-state index in [1.165, 1.54) is 55.2 Å². The predicted octanol–water partition coefficient (Wildman–Crippen LogP) is 6.20. The summed E-state index contributed by atoms with van der Waals surface area (Å²) in [5.41, 5.74) is 4.69. The van der Waals surface area contributed by atoms with E-state index in [9.17, 15) is 0 Å². The molecular weight excluding hydrogens is 332 g/mol. The first-order valence-electron chi connectivity index (χ1n) is 10.3. The molecule has 0 aliphatic heterocycles. The van der Waals surface area contributed by atoms with Crippen LogP contribution in [0.1, 0.15) is 55.5 Å². The van der Waals surface area contributed by atoms with Crippen LogP contribution in [0.2, 0.25) is 0 Å². The molecule has 0 bridgehead atoms. The van der Waals surface area contributed by atoms with E-state index in [0.29, 0.717) is 6.61 Å². The van der Waals surface area contributed by atoms with E-state index in [1.807, 2.05) is 0 Å². The Morgan fingerprint density at radius 3 is 2.70 bits per heavy atom. The summed E-state index contributed by atoms with van der Waals surface area (Å²) in [5, 5.41) is 0. The molecule has 2 aromatic carbocycles. The topological polar surface area (TPSA) is 27.1 Å². The van der Waals surface area contributed by atoms with Crippen molar-refractivity contribution >= 4 is 11.0 Å². The van der Waals surface area contributed by atoms with Gasteiger partial charge in [0, 0.05) is 6.54 Å². The molecule has 1 aromatic heterocycles. The molecule has 0 radical (unpaired) electrons. The lowest BCUT2D eigenvalue weighted by Gasteiger charge is -2.22. The largest absolute Gasteiger partial charge is 0.485 e. The van der Waals surface area contributed by atoms with Gasteiger partial charge in [0.25, 0.3) is 0 Å². The van der Waals surface area contributed by atoms with Crippen LogP contribution < -0.4 is 4.74 Å². The highest BCUT2D eigenvalue weighted by Gasteiger charge is 2.16. The fourth-order valence-electron chi connectivity index (χ4n) is 4.28. The van der Waals surface area contributed by atoms with Gasteiger partial charge in [-0.25, -0.2) is 4.98 Å². The lowest BCUT2D eigenvalue weighted by molar-refractivity contribution is 0.281. The first kappa shape index (κ1) is 18.1. The Morgan fingerprint density at radius 1 is 1.04 bits per heavy atom. The number of imidazole rings is 1. The van der Waals surface area contributed by atoms with Crippen LogP contribution >= 0.6 is 0 Å². The van der Waals surface area contributed by atoms with Gasteiger partial charge < -0.3 is 9.30 Å². The van der Waals surface area contributed by atoms with Gasteiger partial charge in [-0.2, -0.15) is 0 Å². The van der Waals surface area contributed by atoms with Gasteiger partial charge in [0.05, 0.1) is 11.0 Å². The Kier molecular flexibility index (Phi) is 5.47. The highest BCUT2D eigenvalue weighted by molar-refractivity contribution is 5.75. The SMILES string of the molecule is Cc1ccc(C)c(OCc2nc3ccccc3n2CCC2CCCCC2)c1. The Balaban J connectivity index is 1.54. The summed E-state index contributed by atoms with van der Waals surface area (Å²) in [6.07, 6.45) is 8.24. The minimum absolute atomic E-state index is 0.518. The summed E-state index contributed by atoms with van der Waals surface area (Å²) < 4.78 is 8.57. The monoisotopic (exact) mass is 362 g/mol. The molecule has 3 heteroatoms. The molecular formula is C24H30N2O. The average molecular weight is 363 g/mol. The maximum Gasteiger partial charge on any atom is 0.147 e. The predicted molar refractivity (Wildman–Crippen MR) is 111 cm³/mol. The average Bonchev–Trinajstić information content (AvgIpc) is 3.05. The van der Waals surface area contributed by atoms with Crippen LogP contribution in [0.5, 0.6) is 5.75 Å². The number of para-hydroxylation sites is 2. The minimum Gasteiger partial charge on any atom is -0.485 e. The molecule has 3 aromatic rings. The van der Waals surface area contributed by atoms with E-state index in [4.69, 9.17) is 9.72 Å². The standard InChI is InChI=1S/C24H30N2O/c1-18-12-13-19(2)23(16-18)27-17-24-25-21-10-6-7-11-22(21)26(24)15-14-20-8-4-3-5-9-20/h6-7,10-13,16,20H,3-5,8-9,14-15,17H2,1-2H3. The van der Waals surface area contributed by atoms with Gasteiger partial charge in [-0.15, -0.1) is 0 Å². The Hall–Kier alpha value is -2.29. The van der Waals surface area contributed by atoms with Crippen molar-refractivity contribution < 1.29 is 4.74 Å². The lowest BCUT2D eigenvalue weighted by atomic mass is 9.87. The van der Waals surface area contributed by atoms with Crippen molar-refractivity contribution in [1.29, 1.82) is 0 Å². The van der Waals surface area contributed by atoms with E-state index in [0.717, 1.165) is 29.6 Å². The Labute approximate surface area is 162 Å². The Morgan fingerprint density at radius 2 is 1.85 bits per heavy atom. The fraction of sp³-hybridized carbons (Fsp3) is 0.458.